The zero-order valence-electron chi connectivity index (χ0n) is 2.86. The zero-order valence-corrected chi connectivity index (χ0v) is 4.13. The molecule has 0 bridgehead atoms. The number of rotatable bonds is 0. The van der Waals surface area contributed by atoms with E-state index in [2.05, 4.69) is 0 Å². The molecule has 0 unspecified atom stereocenters. The maximum absolute atomic E-state index is 0. The van der Waals surface area contributed by atoms with E-state index in [0.717, 1.165) is 0 Å². The van der Waals surface area contributed by atoms with E-state index in [1.54, 1.807) is 0 Å². The molecule has 0 radical (unpaired) electrons. The number of hydrogen-bond donors (Lipinski definition) is 0. The summed E-state index contributed by atoms with van der Waals surface area (Å²) in [5, 5.41) is 0. The Kier molecular flexibility index (Phi) is 37900000. The summed E-state index contributed by atoms with van der Waals surface area (Å²) in [6.07, 6.45) is 0. The van der Waals surface area contributed by atoms with Gasteiger partial charge in [-0.3, -0.25) is 28.2 Å². The summed E-state index contributed by atoms with van der Waals surface area (Å²) < 4.78 is 0. The van der Waals surface area contributed by atoms with Gasteiger partial charge in [-0.25, -0.2) is 0 Å². The van der Waals surface area contributed by atoms with Crippen molar-refractivity contribution in [3.05, 3.63) is 0 Å². The van der Waals surface area contributed by atoms with Gasteiger partial charge in [0.05, 0.1) is 0 Å². The minimum absolute atomic E-state index is 0. The second-order valence-electron chi connectivity index (χ2n) is 0. The first-order chi connectivity index (χ1) is 0. The summed E-state index contributed by atoms with van der Waals surface area (Å²) in [6, 6.07) is 0. The van der Waals surface area contributed by atoms with E-state index >= 15 is 0 Å². The van der Waals surface area contributed by atoms with Gasteiger partial charge in [-0.05, 0) is 0 Å². The minimum Gasteiger partial charge on any atom is -0.269 e. The van der Waals surface area contributed by atoms with Gasteiger partial charge < -0.3 is 0 Å². The fraction of sp³-hybridized carbons (Fsp3) is 0. The molecule has 0 saturated heterocycles. The van der Waals surface area contributed by atoms with Crippen molar-refractivity contribution in [2.75, 3.05) is 0 Å². The first-order valence-electron chi connectivity index (χ1n) is 0. The molecule has 0 nitrogen and oxygen atoms in total. The molecule has 0 rings (SSSR count). The van der Waals surface area contributed by atoms with Crippen LogP contribution >= 0.6 is 0 Å². The second-order valence-corrected chi connectivity index (χ2v) is 0. The molecule has 0 saturated carbocycles. The van der Waals surface area contributed by atoms with Crippen molar-refractivity contribution in [3.8, 4) is 0 Å². The molecule has 0 aliphatic heterocycles. The van der Waals surface area contributed by atoms with Crippen LogP contribution in [0, 0.1) is 0 Å². The summed E-state index contributed by atoms with van der Waals surface area (Å²) in [5.74, 6) is 0. The van der Waals surface area contributed by atoms with Crippen LogP contribution in [0.25, 0.3) is 0 Å². The Hall–Kier alpha value is 0.112. The van der Waals surface area contributed by atoms with Gasteiger partial charge in [-0.15, -0.1) is 0 Å². The van der Waals surface area contributed by atoms with E-state index in [9.17, 15) is 0 Å². The van der Waals surface area contributed by atoms with Gasteiger partial charge >= 0.3 is 0 Å². The van der Waals surface area contributed by atoms with Crippen molar-refractivity contribution in [1.82, 2.24) is 0 Å². The molecule has 0 aromatic carbocycles. The van der Waals surface area contributed by atoms with Crippen LogP contribution in [-0.4, -0.2) is 0 Å². The molecule has 0 aromatic heterocycles. The van der Waals surface area contributed by atoms with Crippen LogP contribution in [0.3, 0.4) is 0 Å². The summed E-state index contributed by atoms with van der Waals surface area (Å²) >= 11 is 0. The van der Waals surface area contributed by atoms with Gasteiger partial charge in [0.2, 0.25) is 0 Å². The van der Waals surface area contributed by atoms with Crippen molar-refractivity contribution in [1.29, 1.82) is 0 Å². The third kappa shape index (κ3) is 8170. The Morgan fingerprint density at radius 2 is 0.286 bits per heavy atom. The average Bonchev–Trinajstić information content (AvgIpc) is 0. The van der Waals surface area contributed by atoms with Crippen molar-refractivity contribution in [2.24, 2.45) is 0 Å². The van der Waals surface area contributed by atoms with Crippen LogP contribution in [0.5, 0.6) is 0 Å². The van der Waals surface area contributed by atoms with E-state index in [4.69, 9.17) is 0 Å². The van der Waals surface area contributed by atoms with E-state index in [1.807, 2.05) is 0 Å². The Morgan fingerprint density at radius 1 is 0.286 bits per heavy atom. The third-order valence-electron chi connectivity index (χ3n) is 0. The quantitative estimate of drug-likeness (QED) is 0.476. The Bertz CT molecular complexity index is 4.14. The molecule has 0 N–H and O–H groups in total. The van der Waals surface area contributed by atoms with Crippen LogP contribution < -0.4 is 0 Å². The number of hydrogen-bond acceptors (Lipinski definition) is 0. The van der Waals surface area contributed by atoms with E-state index in [1.165, 1.54) is 0 Å². The van der Waals surface area contributed by atoms with Gasteiger partial charge in [0.1, 0.15) is 0 Å². The van der Waals surface area contributed by atoms with Crippen molar-refractivity contribution in [3.63, 3.8) is 0 Å². The molecule has 0 fully saturated rings. The molecule has 0 atom stereocenters. The fourth-order valence-electron chi connectivity index (χ4n) is 0. The molecule has 7 heavy (non-hydrogen) atoms. The van der Waals surface area contributed by atoms with Crippen LogP contribution in [0.2, 0.25) is 0 Å². The van der Waals surface area contributed by atoms with Crippen LogP contribution in [0.1, 0.15) is 0 Å². The Labute approximate surface area is 46.6 Å². The van der Waals surface area contributed by atoms with Gasteiger partial charge in [0.25, 0.3) is 0 Å². The first-order valence-corrected chi connectivity index (χ1v) is 0. The van der Waals surface area contributed by atoms with E-state index in [-0.39, 0.29) is 45.6 Å². The van der Waals surface area contributed by atoms with Crippen LogP contribution in [0.4, 0.5) is 28.2 Å². The standard InChI is InChI=1S/Cr.6FH/h;6*1H. The average molecular weight is 172 g/mol. The predicted octanol–water partition coefficient (Wildman–Crippen LogP) is 0.912. The minimum atomic E-state index is 0. The molecule has 0 aliphatic rings. The van der Waals surface area contributed by atoms with Gasteiger partial charge in [0.15, 0.2) is 0 Å². The maximum atomic E-state index is 0. The SMILES string of the molecule is F.F.F.F.F.F.[Cr]. The van der Waals surface area contributed by atoms with Crippen molar-refractivity contribution >= 4 is 0 Å². The third-order valence-corrected chi connectivity index (χ3v) is 0. The topological polar surface area (TPSA) is 0 Å². The fourth-order valence-corrected chi connectivity index (χ4v) is 0. The molecule has 0 aromatic rings. The summed E-state index contributed by atoms with van der Waals surface area (Å²) in [7, 11) is 0. The molecule has 54 valence electrons. The molecule has 7 heteroatoms. The second kappa shape index (κ2) is 12600. The van der Waals surface area contributed by atoms with Crippen molar-refractivity contribution in [2.45, 2.75) is 0 Å². The maximum Gasteiger partial charge on any atom is 0 e. The molecule has 0 amide bonds. The van der Waals surface area contributed by atoms with Crippen LogP contribution in [-0.2, 0) is 17.4 Å². The summed E-state index contributed by atoms with van der Waals surface area (Å²) in [5.41, 5.74) is 0. The smallest absolute Gasteiger partial charge is 0 e. The molecule has 0 aliphatic carbocycles. The first kappa shape index (κ1) is 21000. The zero-order chi connectivity index (χ0) is 0. The normalized spacial score (nSPS) is 0. The monoisotopic (exact) mass is 172 g/mol. The van der Waals surface area contributed by atoms with Gasteiger partial charge in [0, 0.05) is 17.4 Å². The Balaban J connectivity index is 0. The van der Waals surface area contributed by atoms with E-state index in [0.29, 0.717) is 0 Å². The van der Waals surface area contributed by atoms with Gasteiger partial charge in [-0.2, -0.15) is 0 Å². The van der Waals surface area contributed by atoms with E-state index < -0.39 is 0 Å². The molecular formula is H6CrF6. The molecule has 0 spiro atoms. The van der Waals surface area contributed by atoms with Crippen LogP contribution in [0.15, 0.2) is 0 Å². The summed E-state index contributed by atoms with van der Waals surface area (Å²) in [6.45, 7) is 0. The molecule has 0 heterocycles. The summed E-state index contributed by atoms with van der Waals surface area (Å²) in [4.78, 5) is 0. The van der Waals surface area contributed by atoms with Gasteiger partial charge in [-0.1, -0.05) is 0 Å². The largest absolute Gasteiger partial charge is 0.269 e. The number of halogens is 6. The van der Waals surface area contributed by atoms with Crippen molar-refractivity contribution < 1.29 is 45.6 Å². The predicted molar refractivity (Wildman–Crippen MR) is 15.0 cm³/mol. The Morgan fingerprint density at radius 3 is 0.286 bits per heavy atom. The molecular weight excluding hydrogens is 166 g/mol.